The Morgan fingerprint density at radius 1 is 1.44 bits per heavy atom. The van der Waals surface area contributed by atoms with E-state index in [4.69, 9.17) is 0 Å². The van der Waals surface area contributed by atoms with Crippen LogP contribution in [0.4, 0.5) is 0 Å². The van der Waals surface area contributed by atoms with E-state index in [1.165, 1.54) is 5.56 Å². The molecule has 0 atom stereocenters. The number of rotatable bonds is 0. The van der Waals surface area contributed by atoms with E-state index in [0.717, 1.165) is 0 Å². The van der Waals surface area contributed by atoms with E-state index in [9.17, 15) is 0 Å². The van der Waals surface area contributed by atoms with Gasteiger partial charge in [0.1, 0.15) is 0 Å². The van der Waals surface area contributed by atoms with E-state index in [1.54, 1.807) is 0 Å². The summed E-state index contributed by atoms with van der Waals surface area (Å²) in [5.74, 6) is 2.11. The average molecular weight is 121 g/mol. The van der Waals surface area contributed by atoms with Gasteiger partial charge in [-0.1, -0.05) is 0 Å². The molecule has 0 aromatic carbocycles. The maximum atomic E-state index is 3.04. The third-order valence-electron chi connectivity index (χ3n) is 1.46. The standard InChI is InChI=1S/C7H12BN/c1-7(2,3)6-4-8-9-5-6/h4-5,9H,1-3H3. The average Bonchev–Trinajstić information content (AvgIpc) is 2.08. The Bertz CT molecular complexity index is 171. The SMILES string of the molecule is CC(C)(C)c1cb[nH]c1. The zero-order chi connectivity index (χ0) is 6.91. The number of aromatic amines is 1. The molecule has 0 saturated carbocycles. The Balaban J connectivity index is 2.90. The molecule has 48 valence electrons. The van der Waals surface area contributed by atoms with Crippen molar-refractivity contribution >= 4 is 7.05 Å². The fourth-order valence-electron chi connectivity index (χ4n) is 0.790. The van der Waals surface area contributed by atoms with Gasteiger partial charge in [-0.25, -0.2) is 0 Å². The second-order valence-corrected chi connectivity index (χ2v) is 3.35. The predicted molar refractivity (Wildman–Crippen MR) is 40.8 cm³/mol. The second kappa shape index (κ2) is 2.01. The van der Waals surface area contributed by atoms with Crippen LogP contribution in [0.1, 0.15) is 26.3 Å². The molecule has 0 aliphatic carbocycles. The summed E-state index contributed by atoms with van der Waals surface area (Å²) in [7, 11) is 1.96. The van der Waals surface area contributed by atoms with Crippen LogP contribution in [0.25, 0.3) is 0 Å². The zero-order valence-electron chi connectivity index (χ0n) is 6.23. The zero-order valence-corrected chi connectivity index (χ0v) is 6.23. The van der Waals surface area contributed by atoms with Gasteiger partial charge < -0.3 is 0 Å². The summed E-state index contributed by atoms with van der Waals surface area (Å²) in [5, 5.41) is 0. The summed E-state index contributed by atoms with van der Waals surface area (Å²) in [4.78, 5) is 3.04. The minimum absolute atomic E-state index is 0.292. The van der Waals surface area contributed by atoms with Crippen molar-refractivity contribution in [2.45, 2.75) is 26.2 Å². The van der Waals surface area contributed by atoms with Crippen LogP contribution in [0.2, 0.25) is 0 Å². The van der Waals surface area contributed by atoms with Crippen LogP contribution < -0.4 is 0 Å². The quantitative estimate of drug-likeness (QED) is 0.537. The van der Waals surface area contributed by atoms with E-state index in [2.05, 4.69) is 31.6 Å². The Labute approximate surface area is 56.7 Å². The van der Waals surface area contributed by atoms with Gasteiger partial charge in [0.25, 0.3) is 0 Å². The van der Waals surface area contributed by atoms with E-state index < -0.39 is 0 Å². The summed E-state index contributed by atoms with van der Waals surface area (Å²) >= 11 is 0. The molecular formula is C7H12BN. The Hall–Kier alpha value is -0.525. The number of hydrogen-bond donors (Lipinski definition) is 1. The fourth-order valence-corrected chi connectivity index (χ4v) is 0.790. The minimum atomic E-state index is 0.292. The van der Waals surface area contributed by atoms with Crippen molar-refractivity contribution in [2.75, 3.05) is 0 Å². The van der Waals surface area contributed by atoms with Crippen molar-refractivity contribution in [1.29, 1.82) is 0 Å². The van der Waals surface area contributed by atoms with Crippen molar-refractivity contribution in [3.8, 4) is 0 Å². The van der Waals surface area contributed by atoms with E-state index >= 15 is 0 Å². The Morgan fingerprint density at radius 2 is 2.11 bits per heavy atom. The van der Waals surface area contributed by atoms with Gasteiger partial charge in [0, 0.05) is 0 Å². The molecule has 0 spiro atoms. The van der Waals surface area contributed by atoms with E-state index in [1.807, 2.05) is 13.2 Å². The number of hydrogen-bond acceptors (Lipinski definition) is 0. The molecule has 0 bridgehead atoms. The molecule has 1 aromatic rings. The third-order valence-corrected chi connectivity index (χ3v) is 1.46. The van der Waals surface area contributed by atoms with Crippen LogP contribution >= 0.6 is 0 Å². The Morgan fingerprint density at radius 3 is 2.33 bits per heavy atom. The normalized spacial score (nSPS) is 11.4. The van der Waals surface area contributed by atoms with Gasteiger partial charge >= 0.3 is 55.9 Å². The molecule has 0 fully saturated rings. The summed E-state index contributed by atoms with van der Waals surface area (Å²) in [6, 6.07) is 0. The monoisotopic (exact) mass is 121 g/mol. The second-order valence-electron chi connectivity index (χ2n) is 3.35. The van der Waals surface area contributed by atoms with Crippen LogP contribution in [-0.4, -0.2) is 11.9 Å². The van der Waals surface area contributed by atoms with Gasteiger partial charge in [-0.05, 0) is 0 Å². The summed E-state index contributed by atoms with van der Waals surface area (Å²) in [6.07, 6.45) is 2.04. The maximum absolute atomic E-state index is 3.04. The summed E-state index contributed by atoms with van der Waals surface area (Å²) < 4.78 is 0. The topological polar surface area (TPSA) is 15.8 Å². The molecule has 0 saturated heterocycles. The first-order valence-electron chi connectivity index (χ1n) is 3.24. The third kappa shape index (κ3) is 1.44. The molecule has 1 rings (SSSR count). The molecule has 2 heteroatoms. The van der Waals surface area contributed by atoms with Crippen LogP contribution in [0.5, 0.6) is 0 Å². The summed E-state index contributed by atoms with van der Waals surface area (Å²) in [5.41, 5.74) is 1.66. The molecule has 0 aliphatic rings. The first kappa shape index (κ1) is 6.59. The van der Waals surface area contributed by atoms with Gasteiger partial charge in [0.15, 0.2) is 0 Å². The van der Waals surface area contributed by atoms with E-state index in [-0.39, 0.29) is 0 Å². The van der Waals surface area contributed by atoms with Crippen LogP contribution in [-0.2, 0) is 5.41 Å². The predicted octanol–water partition coefficient (Wildman–Crippen LogP) is 1.65. The molecule has 1 nitrogen and oxygen atoms in total. The van der Waals surface area contributed by atoms with Gasteiger partial charge in [-0.2, -0.15) is 0 Å². The van der Waals surface area contributed by atoms with Crippen molar-refractivity contribution in [2.24, 2.45) is 0 Å². The van der Waals surface area contributed by atoms with Crippen molar-refractivity contribution in [3.05, 3.63) is 17.7 Å². The van der Waals surface area contributed by atoms with Gasteiger partial charge in [0.2, 0.25) is 0 Å². The van der Waals surface area contributed by atoms with Gasteiger partial charge in [-0.3, -0.25) is 0 Å². The molecule has 1 aromatic heterocycles. The van der Waals surface area contributed by atoms with Crippen molar-refractivity contribution < 1.29 is 0 Å². The van der Waals surface area contributed by atoms with E-state index in [0.29, 0.717) is 5.41 Å². The van der Waals surface area contributed by atoms with Gasteiger partial charge in [-0.15, -0.1) is 0 Å². The molecular weight excluding hydrogens is 109 g/mol. The number of aromatic nitrogens is 1. The molecule has 0 amide bonds. The Kier molecular flexibility index (Phi) is 1.48. The van der Waals surface area contributed by atoms with Crippen molar-refractivity contribution in [1.82, 2.24) is 4.89 Å². The molecule has 1 N–H and O–H groups in total. The van der Waals surface area contributed by atoms with Crippen LogP contribution in [0, 0.1) is 0 Å². The molecule has 1 heterocycles. The molecule has 0 radical (unpaired) electrons. The molecule has 0 aliphatic heterocycles. The molecule has 0 unspecified atom stereocenters. The number of H-pyrrole nitrogens is 1. The van der Waals surface area contributed by atoms with Crippen LogP contribution in [0.15, 0.2) is 12.2 Å². The van der Waals surface area contributed by atoms with Crippen LogP contribution in [0.3, 0.4) is 0 Å². The molecule has 9 heavy (non-hydrogen) atoms. The fraction of sp³-hybridized carbons (Fsp3) is 0.571. The first-order chi connectivity index (χ1) is 4.11. The summed E-state index contributed by atoms with van der Waals surface area (Å²) in [6.45, 7) is 6.61. The first-order valence-corrected chi connectivity index (χ1v) is 3.24. The van der Waals surface area contributed by atoms with Crippen molar-refractivity contribution in [3.63, 3.8) is 0 Å². The van der Waals surface area contributed by atoms with Gasteiger partial charge in [0.05, 0.1) is 0 Å². The number of nitrogens with one attached hydrogen (secondary N) is 1.